The first kappa shape index (κ1) is 29.0. The van der Waals surface area contributed by atoms with E-state index in [9.17, 15) is 27.1 Å². The number of carbonyl (C=O) groups is 1. The number of sulfonamides is 1. The van der Waals surface area contributed by atoms with Crippen LogP contribution in [0.3, 0.4) is 0 Å². The van der Waals surface area contributed by atoms with Crippen LogP contribution in [0.25, 0.3) is 32.4 Å². The van der Waals surface area contributed by atoms with Gasteiger partial charge in [0, 0.05) is 24.2 Å². The largest absolute Gasteiger partial charge is 0.465 e. The highest BCUT2D eigenvalue weighted by atomic mass is 35.5. The van der Waals surface area contributed by atoms with Crippen LogP contribution < -0.4 is 10.0 Å². The van der Waals surface area contributed by atoms with E-state index in [1.54, 1.807) is 25.2 Å². The molecule has 0 aliphatic rings. The molecule has 5 aromatic rings. The van der Waals surface area contributed by atoms with E-state index in [0.29, 0.717) is 32.4 Å². The molecule has 10 nitrogen and oxygen atoms in total. The molecule has 0 aliphatic carbocycles. The standard InChI is InChI=1S/C25H21ClF2N6O4S3/c1-34-21-14(4-5-16(26)19(21)23(32-34)33-41(3,37)38)15-10-18-22(31-25(39-2)40-18)30-20(15)17(29-24(35)36)8-11-6-12(27)9-13(28)7-11/h4-7,9-10,17,29H,8H2,1-3H3,(H,32,33)(H,35,36). The fourth-order valence-corrected chi connectivity index (χ4v) is 6.79. The molecule has 0 aliphatic heterocycles. The van der Waals surface area contributed by atoms with Gasteiger partial charge in [-0.05, 0) is 42.5 Å². The molecule has 1 unspecified atom stereocenters. The molecule has 3 aromatic heterocycles. The second-order valence-electron chi connectivity index (χ2n) is 9.08. The van der Waals surface area contributed by atoms with Gasteiger partial charge in [-0.1, -0.05) is 29.4 Å². The van der Waals surface area contributed by atoms with Gasteiger partial charge >= 0.3 is 6.09 Å². The third-order valence-electron chi connectivity index (χ3n) is 6.07. The molecule has 0 spiro atoms. The zero-order valence-electron chi connectivity index (χ0n) is 21.6. The molecule has 2 aromatic carbocycles. The molecule has 1 atom stereocenters. The fourth-order valence-electron chi connectivity index (χ4n) is 4.60. The Morgan fingerprint density at radius 1 is 1.17 bits per heavy atom. The Kier molecular flexibility index (Phi) is 7.80. The number of hydrogen-bond donors (Lipinski definition) is 3. The van der Waals surface area contributed by atoms with Gasteiger partial charge in [-0.25, -0.2) is 32.0 Å². The van der Waals surface area contributed by atoms with Gasteiger partial charge in [0.15, 0.2) is 15.8 Å². The van der Waals surface area contributed by atoms with Gasteiger partial charge in [-0.15, -0.1) is 11.3 Å². The smallest absolute Gasteiger partial charge is 0.405 e. The summed E-state index contributed by atoms with van der Waals surface area (Å²) in [5, 5.41) is 17.0. The van der Waals surface area contributed by atoms with Gasteiger partial charge in [0.25, 0.3) is 0 Å². The van der Waals surface area contributed by atoms with Crippen molar-refractivity contribution >= 4 is 77.9 Å². The van der Waals surface area contributed by atoms with Gasteiger partial charge in [-0.3, -0.25) is 9.40 Å². The normalized spacial score (nSPS) is 12.6. The van der Waals surface area contributed by atoms with Gasteiger partial charge in [0.2, 0.25) is 10.0 Å². The van der Waals surface area contributed by atoms with Crippen molar-refractivity contribution in [2.45, 2.75) is 16.8 Å². The van der Waals surface area contributed by atoms with Crippen LogP contribution >= 0.6 is 34.7 Å². The highest BCUT2D eigenvalue weighted by Gasteiger charge is 2.27. The number of pyridine rings is 1. The van der Waals surface area contributed by atoms with Crippen LogP contribution in [0.1, 0.15) is 17.3 Å². The number of aryl methyl sites for hydroxylation is 1. The van der Waals surface area contributed by atoms with Crippen LogP contribution in [0.4, 0.5) is 19.4 Å². The monoisotopic (exact) mass is 638 g/mol. The van der Waals surface area contributed by atoms with Gasteiger partial charge < -0.3 is 10.4 Å². The predicted octanol–water partition coefficient (Wildman–Crippen LogP) is 5.82. The number of anilines is 1. The molecule has 0 bridgehead atoms. The van der Waals surface area contributed by atoms with E-state index < -0.39 is 33.8 Å². The highest BCUT2D eigenvalue weighted by molar-refractivity contribution is 8.00. The molecule has 0 saturated carbocycles. The Bertz CT molecular complexity index is 1930. The lowest BCUT2D eigenvalue weighted by molar-refractivity contribution is 0.189. The minimum absolute atomic E-state index is 0.0188. The summed E-state index contributed by atoms with van der Waals surface area (Å²) in [4.78, 5) is 21.2. The van der Waals surface area contributed by atoms with Crippen LogP contribution in [0, 0.1) is 11.6 Å². The zero-order valence-corrected chi connectivity index (χ0v) is 24.8. The molecule has 3 heterocycles. The van der Waals surface area contributed by atoms with Crippen molar-refractivity contribution < 1.29 is 27.1 Å². The molecule has 0 saturated heterocycles. The quantitative estimate of drug-likeness (QED) is 0.181. The van der Waals surface area contributed by atoms with E-state index in [0.717, 1.165) is 28.8 Å². The highest BCUT2D eigenvalue weighted by Crippen LogP contribution is 2.41. The molecular formula is C25H21ClF2N6O4S3. The number of benzene rings is 2. The first-order valence-corrected chi connectivity index (χ1v) is 16.1. The van der Waals surface area contributed by atoms with Gasteiger partial charge in [0.1, 0.15) is 11.6 Å². The van der Waals surface area contributed by atoms with Crippen molar-refractivity contribution in [3.05, 3.63) is 64.3 Å². The summed E-state index contributed by atoms with van der Waals surface area (Å²) in [7, 11) is -2.08. The minimum atomic E-state index is -3.70. The van der Waals surface area contributed by atoms with Gasteiger partial charge in [-0.2, -0.15) is 5.10 Å². The molecule has 3 N–H and O–H groups in total. The molecule has 16 heteroatoms. The number of fused-ring (bicyclic) bond motifs is 2. The Morgan fingerprint density at radius 3 is 2.51 bits per heavy atom. The lowest BCUT2D eigenvalue weighted by Gasteiger charge is -2.21. The number of rotatable bonds is 8. The summed E-state index contributed by atoms with van der Waals surface area (Å²) in [6.45, 7) is 0. The third-order valence-corrected chi connectivity index (χ3v) is 8.92. The average Bonchev–Trinajstić information content (AvgIpc) is 3.41. The van der Waals surface area contributed by atoms with Crippen molar-refractivity contribution in [2.75, 3.05) is 17.2 Å². The number of nitrogens with one attached hydrogen (secondary N) is 2. The first-order valence-electron chi connectivity index (χ1n) is 11.8. The Morgan fingerprint density at radius 2 is 1.88 bits per heavy atom. The summed E-state index contributed by atoms with van der Waals surface area (Å²) in [5.74, 6) is -1.59. The van der Waals surface area contributed by atoms with Crippen LogP contribution in [0.2, 0.25) is 5.02 Å². The maximum absolute atomic E-state index is 14.0. The fraction of sp³-hybridized carbons (Fsp3) is 0.200. The third kappa shape index (κ3) is 6.07. The molecule has 0 radical (unpaired) electrons. The van der Waals surface area contributed by atoms with Gasteiger partial charge in [0.05, 0.1) is 38.6 Å². The topological polar surface area (TPSA) is 139 Å². The number of thioether (sulfide) groups is 1. The number of thiazole rings is 1. The second-order valence-corrected chi connectivity index (χ2v) is 13.3. The molecule has 1 amide bonds. The van der Waals surface area contributed by atoms with E-state index >= 15 is 0 Å². The second kappa shape index (κ2) is 11.0. The molecule has 0 fully saturated rings. The van der Waals surface area contributed by atoms with Crippen LogP contribution in [-0.4, -0.2) is 51.9 Å². The lowest BCUT2D eigenvalue weighted by Crippen LogP contribution is -2.29. The van der Waals surface area contributed by atoms with E-state index in [1.165, 1.54) is 27.8 Å². The van der Waals surface area contributed by atoms with E-state index in [2.05, 4.69) is 20.1 Å². The van der Waals surface area contributed by atoms with Crippen LogP contribution in [0.5, 0.6) is 0 Å². The predicted molar refractivity (Wildman–Crippen MR) is 156 cm³/mol. The summed E-state index contributed by atoms with van der Waals surface area (Å²) in [6, 6.07) is 6.99. The van der Waals surface area contributed by atoms with Crippen molar-refractivity contribution in [3.63, 3.8) is 0 Å². The lowest BCUT2D eigenvalue weighted by atomic mass is 9.94. The Hall–Kier alpha value is -3.53. The minimum Gasteiger partial charge on any atom is -0.465 e. The number of carboxylic acid groups (broad SMARTS) is 1. The zero-order chi connectivity index (χ0) is 29.6. The van der Waals surface area contributed by atoms with Crippen LogP contribution in [-0.2, 0) is 23.5 Å². The van der Waals surface area contributed by atoms with Crippen molar-refractivity contribution in [1.29, 1.82) is 0 Å². The van der Waals surface area contributed by atoms with E-state index in [4.69, 9.17) is 16.6 Å². The number of aromatic nitrogens is 4. The molecule has 5 rings (SSSR count). The number of amides is 1. The van der Waals surface area contributed by atoms with Crippen molar-refractivity contribution in [1.82, 2.24) is 25.1 Å². The maximum atomic E-state index is 14.0. The first-order chi connectivity index (χ1) is 19.3. The number of hydrogen-bond acceptors (Lipinski definition) is 8. The Labute approximate surface area is 245 Å². The van der Waals surface area contributed by atoms with E-state index in [-0.39, 0.29) is 28.5 Å². The summed E-state index contributed by atoms with van der Waals surface area (Å²) in [5.41, 5.74) is 2.26. The molecule has 41 heavy (non-hydrogen) atoms. The summed E-state index contributed by atoms with van der Waals surface area (Å²) >= 11 is 9.32. The SMILES string of the molecule is CSc1nc2nc(C(Cc3cc(F)cc(F)c3)NC(=O)O)c(-c3ccc(Cl)c4c(NS(C)(=O)=O)nn(C)c34)cc2s1. The number of nitrogens with zero attached hydrogens (tertiary/aromatic N) is 4. The molecule has 214 valence electrons. The van der Waals surface area contributed by atoms with E-state index in [1.807, 2.05) is 6.26 Å². The maximum Gasteiger partial charge on any atom is 0.405 e. The van der Waals surface area contributed by atoms with Crippen molar-refractivity contribution in [3.8, 4) is 11.1 Å². The summed E-state index contributed by atoms with van der Waals surface area (Å²) < 4.78 is 57.4. The number of halogens is 3. The molecular weight excluding hydrogens is 618 g/mol. The summed E-state index contributed by atoms with van der Waals surface area (Å²) in [6.07, 6.45) is 1.35. The average molecular weight is 639 g/mol. The van der Waals surface area contributed by atoms with Crippen molar-refractivity contribution in [2.24, 2.45) is 7.05 Å². The van der Waals surface area contributed by atoms with Crippen LogP contribution in [0.15, 0.2) is 40.7 Å². The Balaban J connectivity index is 1.79.